The number of carbonyl (C=O) groups is 2. The molecule has 0 saturated heterocycles. The molecule has 2 aromatic carbocycles. The Balaban J connectivity index is 1.62. The molecule has 0 unspecified atom stereocenters. The van der Waals surface area contributed by atoms with Crippen LogP contribution in [0.2, 0.25) is 5.02 Å². The number of halogens is 1. The summed E-state index contributed by atoms with van der Waals surface area (Å²) in [6, 6.07) is 11.9. The lowest BCUT2D eigenvalue weighted by molar-refractivity contribution is -0.134. The number of hydrogen-bond donors (Lipinski definition) is 2. The normalized spacial score (nSPS) is 14.3. The highest BCUT2D eigenvalue weighted by Crippen LogP contribution is 2.32. The van der Waals surface area contributed by atoms with E-state index in [1.54, 1.807) is 49.6 Å². The molecule has 164 valence electrons. The Morgan fingerprint density at radius 1 is 1.13 bits per heavy atom. The number of methoxy groups -OCH3 is 1. The van der Waals surface area contributed by atoms with E-state index in [1.807, 2.05) is 0 Å². The van der Waals surface area contributed by atoms with Crippen molar-refractivity contribution in [3.63, 3.8) is 0 Å². The Bertz CT molecular complexity index is 949. The Hall–Kier alpha value is -2.99. The molecule has 1 amide bonds. The highest BCUT2D eigenvalue weighted by atomic mass is 35.5. The number of carboxylic acid groups (broad SMARTS) is 1. The Morgan fingerprint density at radius 2 is 1.81 bits per heavy atom. The van der Waals surface area contributed by atoms with Gasteiger partial charge in [0, 0.05) is 12.5 Å². The van der Waals surface area contributed by atoms with Crippen LogP contribution in [0, 0.1) is 5.92 Å². The van der Waals surface area contributed by atoms with Crippen LogP contribution in [0.15, 0.2) is 48.2 Å². The standard InChI is InChI=1S/C24H26ClNO5/c1-30-19-11-12-22(20(25)15-19)31-18-9-6-17(7-10-18)14-21(24(28)29)26-23(27)13-8-16-4-2-3-5-16/h6-7,9-12,14-16H,2-5,8,13H2,1H3,(H,26,27)(H,28,29). The maximum absolute atomic E-state index is 12.2. The molecule has 1 saturated carbocycles. The second-order valence-corrected chi connectivity index (χ2v) is 7.98. The van der Waals surface area contributed by atoms with E-state index < -0.39 is 5.97 Å². The molecule has 2 aromatic rings. The summed E-state index contributed by atoms with van der Waals surface area (Å²) in [5.41, 5.74) is 0.477. The number of ether oxygens (including phenoxy) is 2. The first kappa shape index (κ1) is 22.7. The van der Waals surface area contributed by atoms with Crippen molar-refractivity contribution >= 4 is 29.6 Å². The summed E-state index contributed by atoms with van der Waals surface area (Å²) in [4.78, 5) is 23.7. The second kappa shape index (κ2) is 10.9. The average molecular weight is 444 g/mol. The minimum atomic E-state index is -1.18. The minimum absolute atomic E-state index is 0.150. The molecule has 1 aliphatic carbocycles. The van der Waals surface area contributed by atoms with Gasteiger partial charge in [-0.25, -0.2) is 4.79 Å². The SMILES string of the molecule is COc1ccc(Oc2ccc(C=C(NC(=O)CCC3CCCC3)C(=O)O)cc2)c(Cl)c1. The monoisotopic (exact) mass is 443 g/mol. The lowest BCUT2D eigenvalue weighted by atomic mass is 10.0. The smallest absolute Gasteiger partial charge is 0.352 e. The first-order valence-corrected chi connectivity index (χ1v) is 10.7. The molecule has 6 nitrogen and oxygen atoms in total. The highest BCUT2D eigenvalue weighted by Gasteiger charge is 2.18. The summed E-state index contributed by atoms with van der Waals surface area (Å²) in [6.07, 6.45) is 7.33. The van der Waals surface area contributed by atoms with Crippen LogP contribution < -0.4 is 14.8 Å². The molecule has 31 heavy (non-hydrogen) atoms. The molecular formula is C24H26ClNO5. The average Bonchev–Trinajstić information content (AvgIpc) is 3.28. The van der Waals surface area contributed by atoms with Crippen molar-refractivity contribution in [1.82, 2.24) is 5.32 Å². The second-order valence-electron chi connectivity index (χ2n) is 7.57. The largest absolute Gasteiger partial charge is 0.497 e. The fraction of sp³-hybridized carbons (Fsp3) is 0.333. The van der Waals surface area contributed by atoms with E-state index in [1.165, 1.54) is 18.9 Å². The summed E-state index contributed by atoms with van der Waals surface area (Å²) < 4.78 is 10.9. The van der Waals surface area contributed by atoms with Crippen molar-refractivity contribution in [3.05, 3.63) is 58.7 Å². The van der Waals surface area contributed by atoms with Crippen LogP contribution in [0.4, 0.5) is 0 Å². The van der Waals surface area contributed by atoms with E-state index in [0.717, 1.165) is 19.3 Å². The summed E-state index contributed by atoms with van der Waals surface area (Å²) >= 11 is 6.19. The van der Waals surface area contributed by atoms with E-state index in [2.05, 4.69) is 5.32 Å². The van der Waals surface area contributed by atoms with Gasteiger partial charge in [-0.15, -0.1) is 0 Å². The summed E-state index contributed by atoms with van der Waals surface area (Å²) in [6.45, 7) is 0. The van der Waals surface area contributed by atoms with E-state index in [-0.39, 0.29) is 11.6 Å². The van der Waals surface area contributed by atoms with Crippen LogP contribution >= 0.6 is 11.6 Å². The number of amides is 1. The van der Waals surface area contributed by atoms with Crippen molar-refractivity contribution in [1.29, 1.82) is 0 Å². The predicted molar refractivity (Wildman–Crippen MR) is 119 cm³/mol. The summed E-state index contributed by atoms with van der Waals surface area (Å²) in [5.74, 6) is 0.779. The third-order valence-corrected chi connectivity index (χ3v) is 5.61. The molecule has 3 rings (SSSR count). The number of benzene rings is 2. The zero-order valence-corrected chi connectivity index (χ0v) is 18.2. The quantitative estimate of drug-likeness (QED) is 0.489. The van der Waals surface area contributed by atoms with Gasteiger partial charge in [0.25, 0.3) is 0 Å². The molecule has 0 radical (unpaired) electrons. The number of nitrogens with one attached hydrogen (secondary N) is 1. The molecular weight excluding hydrogens is 418 g/mol. The first-order chi connectivity index (χ1) is 14.9. The van der Waals surface area contributed by atoms with Gasteiger partial charge < -0.3 is 19.9 Å². The van der Waals surface area contributed by atoms with Gasteiger partial charge in [0.1, 0.15) is 22.9 Å². The first-order valence-electron chi connectivity index (χ1n) is 10.3. The van der Waals surface area contributed by atoms with Gasteiger partial charge >= 0.3 is 5.97 Å². The van der Waals surface area contributed by atoms with Gasteiger partial charge in [-0.3, -0.25) is 4.79 Å². The molecule has 0 atom stereocenters. The van der Waals surface area contributed by atoms with Crippen LogP contribution in [0.1, 0.15) is 44.1 Å². The van der Waals surface area contributed by atoms with Gasteiger partial charge in [-0.2, -0.15) is 0 Å². The van der Waals surface area contributed by atoms with Crippen molar-refractivity contribution in [2.75, 3.05) is 7.11 Å². The maximum Gasteiger partial charge on any atom is 0.352 e. The van der Waals surface area contributed by atoms with Gasteiger partial charge in [-0.05, 0) is 48.2 Å². The number of hydrogen-bond acceptors (Lipinski definition) is 4. The van der Waals surface area contributed by atoms with E-state index >= 15 is 0 Å². The molecule has 1 aliphatic rings. The molecule has 0 spiro atoms. The van der Waals surface area contributed by atoms with Gasteiger partial charge in [0.2, 0.25) is 5.91 Å². The molecule has 0 aliphatic heterocycles. The lowest BCUT2D eigenvalue weighted by Crippen LogP contribution is -2.27. The van der Waals surface area contributed by atoms with Gasteiger partial charge in [-0.1, -0.05) is 49.4 Å². The molecule has 7 heteroatoms. The van der Waals surface area contributed by atoms with Crippen LogP contribution in [0.3, 0.4) is 0 Å². The van der Waals surface area contributed by atoms with Crippen LogP contribution in [0.5, 0.6) is 17.2 Å². The number of rotatable bonds is 9. The maximum atomic E-state index is 12.2. The lowest BCUT2D eigenvalue weighted by Gasteiger charge is -2.10. The third-order valence-electron chi connectivity index (χ3n) is 5.32. The van der Waals surface area contributed by atoms with Crippen LogP contribution in [-0.4, -0.2) is 24.1 Å². The summed E-state index contributed by atoms with van der Waals surface area (Å²) in [5, 5.41) is 12.4. The van der Waals surface area contributed by atoms with Gasteiger partial charge in [0.15, 0.2) is 0 Å². The minimum Gasteiger partial charge on any atom is -0.497 e. The molecule has 0 heterocycles. The number of aliphatic carboxylic acids is 1. The van der Waals surface area contributed by atoms with E-state index in [4.69, 9.17) is 21.1 Å². The zero-order valence-electron chi connectivity index (χ0n) is 17.4. The fourth-order valence-corrected chi connectivity index (χ4v) is 3.82. The van der Waals surface area contributed by atoms with Gasteiger partial charge in [0.05, 0.1) is 12.1 Å². The van der Waals surface area contributed by atoms with E-state index in [0.29, 0.717) is 40.2 Å². The van der Waals surface area contributed by atoms with Crippen molar-refractivity contribution in [2.24, 2.45) is 5.92 Å². The van der Waals surface area contributed by atoms with Crippen molar-refractivity contribution < 1.29 is 24.2 Å². The van der Waals surface area contributed by atoms with Crippen molar-refractivity contribution in [3.8, 4) is 17.2 Å². The molecule has 1 fully saturated rings. The predicted octanol–water partition coefficient (Wildman–Crippen LogP) is 5.65. The van der Waals surface area contributed by atoms with Crippen molar-refractivity contribution in [2.45, 2.75) is 38.5 Å². The Morgan fingerprint density at radius 3 is 2.42 bits per heavy atom. The topological polar surface area (TPSA) is 84.9 Å². The number of carboxylic acids is 1. The van der Waals surface area contributed by atoms with E-state index in [9.17, 15) is 14.7 Å². The van der Waals surface area contributed by atoms with Crippen LogP contribution in [0.25, 0.3) is 6.08 Å². The Labute approximate surface area is 186 Å². The summed E-state index contributed by atoms with van der Waals surface area (Å²) in [7, 11) is 1.56. The molecule has 2 N–H and O–H groups in total. The fourth-order valence-electron chi connectivity index (χ4n) is 3.62. The zero-order chi connectivity index (χ0) is 22.2. The molecule has 0 aromatic heterocycles. The highest BCUT2D eigenvalue weighted by molar-refractivity contribution is 6.32. The third kappa shape index (κ3) is 6.76. The Kier molecular flexibility index (Phi) is 7.95. The number of carbonyl (C=O) groups excluding carboxylic acids is 1. The van der Waals surface area contributed by atoms with Crippen LogP contribution in [-0.2, 0) is 9.59 Å². The molecule has 0 bridgehead atoms.